The zero-order valence-electron chi connectivity index (χ0n) is 16.8. The third-order valence-electron chi connectivity index (χ3n) is 7.61. The Kier molecular flexibility index (Phi) is 4.53. The highest BCUT2D eigenvalue weighted by molar-refractivity contribution is 5.74. The molecule has 1 aromatic rings. The van der Waals surface area contributed by atoms with Crippen LogP contribution < -0.4 is 0 Å². The van der Waals surface area contributed by atoms with Gasteiger partial charge in [0, 0.05) is 18.3 Å². The van der Waals surface area contributed by atoms with Crippen molar-refractivity contribution >= 4 is 5.97 Å². The van der Waals surface area contributed by atoms with Gasteiger partial charge in [-0.25, -0.2) is 9.78 Å². The van der Waals surface area contributed by atoms with Gasteiger partial charge in [0.15, 0.2) is 5.60 Å². The van der Waals surface area contributed by atoms with Crippen LogP contribution in [0.4, 0.5) is 0 Å². The first kappa shape index (κ1) is 18.6. The minimum atomic E-state index is -0.821. The first-order valence-electron chi connectivity index (χ1n) is 10.8. The summed E-state index contributed by atoms with van der Waals surface area (Å²) in [4.78, 5) is 24.9. The summed E-state index contributed by atoms with van der Waals surface area (Å²) >= 11 is 0. The molecule has 1 unspecified atom stereocenters. The van der Waals surface area contributed by atoms with E-state index >= 15 is 0 Å². The van der Waals surface area contributed by atoms with E-state index in [1.54, 1.807) is 0 Å². The molecule has 1 aromatic carbocycles. The van der Waals surface area contributed by atoms with Crippen molar-refractivity contribution in [2.75, 3.05) is 0 Å². The standard InChI is InChI=1S/C23H30O5/c1-15-11-12-19-17(10-6-9-16-7-4-3-5-8-16)20(24)25-21-23(19)18(15)13-14-22(2,26-21)27-28-23/h3-5,7-8,15,17-19,21H,6,9-14H2,1-2H3/t15-,17-,18?,19+,21-,22-,23-/m1/s1. The molecule has 5 nitrogen and oxygen atoms in total. The number of rotatable bonds is 4. The van der Waals surface area contributed by atoms with Gasteiger partial charge in [0.1, 0.15) is 0 Å². The van der Waals surface area contributed by atoms with Crippen LogP contribution in [-0.4, -0.2) is 23.6 Å². The fourth-order valence-electron chi connectivity index (χ4n) is 6.11. The summed E-state index contributed by atoms with van der Waals surface area (Å²) in [5, 5.41) is 0. The Hall–Kier alpha value is -1.43. The molecule has 6 rings (SSSR count). The molecule has 4 saturated heterocycles. The summed E-state index contributed by atoms with van der Waals surface area (Å²) in [6.07, 6.45) is 5.93. The first-order valence-corrected chi connectivity index (χ1v) is 10.8. The van der Waals surface area contributed by atoms with Crippen LogP contribution in [0, 0.1) is 23.7 Å². The zero-order valence-corrected chi connectivity index (χ0v) is 16.8. The molecule has 7 atom stereocenters. The Labute approximate surface area is 166 Å². The summed E-state index contributed by atoms with van der Waals surface area (Å²) in [6.45, 7) is 4.18. The first-order chi connectivity index (χ1) is 13.5. The van der Waals surface area contributed by atoms with E-state index in [1.165, 1.54) is 5.56 Å². The van der Waals surface area contributed by atoms with Gasteiger partial charge in [-0.1, -0.05) is 37.3 Å². The van der Waals surface area contributed by atoms with Gasteiger partial charge >= 0.3 is 5.97 Å². The highest BCUT2D eigenvalue weighted by Gasteiger charge is 2.70. The summed E-state index contributed by atoms with van der Waals surface area (Å²) in [6, 6.07) is 10.4. The van der Waals surface area contributed by atoms with Gasteiger partial charge in [-0.15, -0.1) is 0 Å². The number of carbonyl (C=O) groups is 1. The molecule has 5 fully saturated rings. The normalized spacial score (nSPS) is 44.5. The van der Waals surface area contributed by atoms with E-state index in [2.05, 4.69) is 31.2 Å². The largest absolute Gasteiger partial charge is 0.432 e. The second-order valence-corrected chi connectivity index (χ2v) is 9.33. The molecule has 28 heavy (non-hydrogen) atoms. The van der Waals surface area contributed by atoms with E-state index in [1.807, 2.05) is 13.0 Å². The number of aryl methyl sites for hydroxylation is 1. The maximum Gasteiger partial charge on any atom is 0.311 e. The molecule has 0 radical (unpaired) electrons. The SMILES string of the molecule is C[C@@H]1CC[C@H]2[C@@H](CCCc3ccccc3)C(=O)O[C@@H]3O[C@@]4(C)CCC1[C@]32OO4. The second kappa shape index (κ2) is 6.82. The fraction of sp³-hybridized carbons (Fsp3) is 0.696. The van der Waals surface area contributed by atoms with E-state index in [4.69, 9.17) is 19.2 Å². The van der Waals surface area contributed by atoms with E-state index < -0.39 is 17.7 Å². The van der Waals surface area contributed by atoms with Crippen LogP contribution in [0.15, 0.2) is 30.3 Å². The molecule has 152 valence electrons. The average molecular weight is 386 g/mol. The van der Waals surface area contributed by atoms with Crippen molar-refractivity contribution in [3.8, 4) is 0 Å². The predicted molar refractivity (Wildman–Crippen MR) is 102 cm³/mol. The van der Waals surface area contributed by atoms with Crippen LogP contribution in [0.1, 0.15) is 57.9 Å². The van der Waals surface area contributed by atoms with Gasteiger partial charge in [-0.3, -0.25) is 4.79 Å². The zero-order chi connectivity index (χ0) is 19.4. The van der Waals surface area contributed by atoms with Crippen LogP contribution in [0.25, 0.3) is 0 Å². The lowest BCUT2D eigenvalue weighted by atomic mass is 9.57. The molecule has 4 aliphatic heterocycles. The Morgan fingerprint density at radius 2 is 1.89 bits per heavy atom. The van der Waals surface area contributed by atoms with Crippen molar-refractivity contribution in [2.24, 2.45) is 23.7 Å². The lowest BCUT2D eigenvalue weighted by Crippen LogP contribution is -2.70. The van der Waals surface area contributed by atoms with Crippen LogP contribution >= 0.6 is 0 Å². The number of hydrogen-bond acceptors (Lipinski definition) is 5. The minimum Gasteiger partial charge on any atom is -0.432 e. The van der Waals surface area contributed by atoms with Crippen molar-refractivity contribution in [1.82, 2.24) is 0 Å². The Morgan fingerprint density at radius 1 is 1.07 bits per heavy atom. The number of benzene rings is 1. The van der Waals surface area contributed by atoms with Crippen LogP contribution in [0.2, 0.25) is 0 Å². The van der Waals surface area contributed by atoms with Crippen molar-refractivity contribution in [3.05, 3.63) is 35.9 Å². The smallest absolute Gasteiger partial charge is 0.311 e. The molecule has 2 bridgehead atoms. The topological polar surface area (TPSA) is 54.0 Å². The van der Waals surface area contributed by atoms with Gasteiger partial charge in [0.05, 0.1) is 5.92 Å². The summed E-state index contributed by atoms with van der Waals surface area (Å²) < 4.78 is 12.1. The summed E-state index contributed by atoms with van der Waals surface area (Å²) in [5.41, 5.74) is 0.655. The maximum absolute atomic E-state index is 13.0. The van der Waals surface area contributed by atoms with E-state index in [9.17, 15) is 4.79 Å². The summed E-state index contributed by atoms with van der Waals surface area (Å²) in [5.74, 6) is -0.194. The lowest BCUT2D eigenvalue weighted by Gasteiger charge is -2.58. The van der Waals surface area contributed by atoms with Crippen molar-refractivity contribution in [1.29, 1.82) is 0 Å². The number of carbonyl (C=O) groups excluding carboxylic acids is 1. The molecule has 1 aliphatic carbocycles. The van der Waals surface area contributed by atoms with Gasteiger partial charge in [0.25, 0.3) is 0 Å². The van der Waals surface area contributed by atoms with Crippen molar-refractivity contribution < 1.29 is 24.0 Å². The van der Waals surface area contributed by atoms with Crippen molar-refractivity contribution in [2.45, 2.75) is 76.5 Å². The van der Waals surface area contributed by atoms with E-state index in [0.29, 0.717) is 11.8 Å². The third kappa shape index (κ3) is 2.82. The molecule has 0 aromatic heterocycles. The number of ether oxygens (including phenoxy) is 2. The summed E-state index contributed by atoms with van der Waals surface area (Å²) in [7, 11) is 0. The molecule has 0 amide bonds. The molecule has 0 N–H and O–H groups in total. The lowest BCUT2D eigenvalue weighted by molar-refractivity contribution is -0.559. The van der Waals surface area contributed by atoms with Gasteiger partial charge in [-0.2, -0.15) is 0 Å². The monoisotopic (exact) mass is 386 g/mol. The quantitative estimate of drug-likeness (QED) is 0.567. The number of fused-ring (bicyclic) bond motifs is 2. The maximum atomic E-state index is 13.0. The van der Waals surface area contributed by atoms with E-state index in [0.717, 1.165) is 44.9 Å². The van der Waals surface area contributed by atoms with E-state index in [-0.39, 0.29) is 17.8 Å². The molecular weight excluding hydrogens is 356 g/mol. The van der Waals surface area contributed by atoms with Gasteiger partial charge < -0.3 is 9.47 Å². The predicted octanol–water partition coefficient (Wildman–Crippen LogP) is 4.40. The molecule has 1 spiro atoms. The molecular formula is C23H30O5. The Bertz CT molecular complexity index is 736. The highest BCUT2D eigenvalue weighted by atomic mass is 17.3. The van der Waals surface area contributed by atoms with Crippen LogP contribution in [0.5, 0.6) is 0 Å². The number of hydrogen-bond donors (Lipinski definition) is 0. The molecule has 1 saturated carbocycles. The van der Waals surface area contributed by atoms with Crippen molar-refractivity contribution in [3.63, 3.8) is 0 Å². The second-order valence-electron chi connectivity index (χ2n) is 9.33. The third-order valence-corrected chi connectivity index (χ3v) is 7.61. The van der Waals surface area contributed by atoms with Gasteiger partial charge in [0.2, 0.25) is 12.1 Å². The van der Waals surface area contributed by atoms with Crippen LogP contribution in [-0.2, 0) is 30.5 Å². The minimum absolute atomic E-state index is 0.0957. The molecule has 5 heteroatoms. The molecule has 5 aliphatic rings. The van der Waals surface area contributed by atoms with Gasteiger partial charge in [-0.05, 0) is 56.9 Å². The molecule has 4 heterocycles. The fourth-order valence-corrected chi connectivity index (χ4v) is 6.11. The average Bonchev–Trinajstić information content (AvgIpc) is 2.92. The number of esters is 1. The van der Waals surface area contributed by atoms with Crippen LogP contribution in [0.3, 0.4) is 0 Å². The Morgan fingerprint density at radius 3 is 2.71 bits per heavy atom. The Balaban J connectivity index is 1.40. The highest BCUT2D eigenvalue weighted by Crippen LogP contribution is 2.60.